The average molecular weight is 257 g/mol. The van der Waals surface area contributed by atoms with Crippen LogP contribution < -0.4 is 0 Å². The minimum Gasteiger partial charge on any atom is -0.395 e. The van der Waals surface area contributed by atoms with Crippen LogP contribution >= 0.6 is 0 Å². The van der Waals surface area contributed by atoms with Gasteiger partial charge in [-0.1, -0.05) is 0 Å². The summed E-state index contributed by atoms with van der Waals surface area (Å²) in [6.07, 6.45) is 0. The molecule has 2 amide bonds. The maximum atomic E-state index is 12.3. The quantitative estimate of drug-likeness (QED) is 0.811. The van der Waals surface area contributed by atoms with Gasteiger partial charge in [0.1, 0.15) is 0 Å². The lowest BCUT2D eigenvalue weighted by Crippen LogP contribution is -2.55. The number of carbonyl (C=O) groups is 1. The molecule has 0 atom stereocenters. The standard InChI is InChI=1S/C13H27N3O2/c1-11(2)14-5-7-15(8-6-14)13(18)16(9-10-17)12(3)4/h11-12,17H,5-10H2,1-4H3. The first-order chi connectivity index (χ1) is 8.47. The molecule has 5 heteroatoms. The molecule has 5 nitrogen and oxygen atoms in total. The summed E-state index contributed by atoms with van der Waals surface area (Å²) in [5, 5.41) is 9.03. The van der Waals surface area contributed by atoms with E-state index in [0.29, 0.717) is 12.6 Å². The molecule has 0 aromatic carbocycles. The van der Waals surface area contributed by atoms with Crippen molar-refractivity contribution in [3.8, 4) is 0 Å². The first kappa shape index (κ1) is 15.2. The minimum absolute atomic E-state index is 0.0237. The van der Waals surface area contributed by atoms with E-state index < -0.39 is 0 Å². The predicted octanol–water partition coefficient (Wildman–Crippen LogP) is 0.835. The van der Waals surface area contributed by atoms with Gasteiger partial charge in [0.05, 0.1) is 6.61 Å². The normalized spacial score (nSPS) is 17.6. The van der Waals surface area contributed by atoms with Gasteiger partial charge in [0, 0.05) is 44.8 Å². The highest BCUT2D eigenvalue weighted by molar-refractivity contribution is 5.74. The predicted molar refractivity (Wildman–Crippen MR) is 72.6 cm³/mol. The molecular formula is C13H27N3O2. The molecule has 0 bridgehead atoms. The number of hydrogen-bond donors (Lipinski definition) is 1. The Morgan fingerprint density at radius 2 is 1.72 bits per heavy atom. The van der Waals surface area contributed by atoms with E-state index in [1.807, 2.05) is 18.7 Å². The molecule has 1 aliphatic heterocycles. The van der Waals surface area contributed by atoms with Crippen LogP contribution in [0.25, 0.3) is 0 Å². The number of piperazine rings is 1. The van der Waals surface area contributed by atoms with Gasteiger partial charge in [0.2, 0.25) is 0 Å². The summed E-state index contributed by atoms with van der Waals surface area (Å²) in [4.78, 5) is 18.4. The summed E-state index contributed by atoms with van der Waals surface area (Å²) < 4.78 is 0. The molecule has 0 radical (unpaired) electrons. The lowest BCUT2D eigenvalue weighted by molar-refractivity contribution is 0.0869. The second kappa shape index (κ2) is 6.95. The van der Waals surface area contributed by atoms with Gasteiger partial charge in [-0.15, -0.1) is 0 Å². The summed E-state index contributed by atoms with van der Waals surface area (Å²) in [5.41, 5.74) is 0. The SMILES string of the molecule is CC(C)N1CCN(C(=O)N(CCO)C(C)C)CC1. The number of nitrogens with zero attached hydrogens (tertiary/aromatic N) is 3. The summed E-state index contributed by atoms with van der Waals surface area (Å²) in [6.45, 7) is 12.2. The summed E-state index contributed by atoms with van der Waals surface area (Å²) in [7, 11) is 0. The number of hydrogen-bond acceptors (Lipinski definition) is 3. The zero-order chi connectivity index (χ0) is 13.7. The van der Waals surface area contributed by atoms with E-state index in [4.69, 9.17) is 5.11 Å². The van der Waals surface area contributed by atoms with Crippen LogP contribution in [0.3, 0.4) is 0 Å². The first-order valence-corrected chi connectivity index (χ1v) is 6.87. The fraction of sp³-hybridized carbons (Fsp3) is 0.923. The summed E-state index contributed by atoms with van der Waals surface area (Å²) in [5.74, 6) is 0. The molecule has 1 saturated heterocycles. The van der Waals surface area contributed by atoms with Crippen LogP contribution in [0.15, 0.2) is 0 Å². The molecule has 0 unspecified atom stereocenters. The highest BCUT2D eigenvalue weighted by atomic mass is 16.3. The van der Waals surface area contributed by atoms with Crippen LogP contribution in [0.1, 0.15) is 27.7 Å². The molecule has 1 rings (SSSR count). The lowest BCUT2D eigenvalue weighted by Gasteiger charge is -2.40. The smallest absolute Gasteiger partial charge is 0.320 e. The Hall–Kier alpha value is -0.810. The van der Waals surface area contributed by atoms with Crippen molar-refractivity contribution in [1.29, 1.82) is 0 Å². The molecule has 1 heterocycles. The zero-order valence-electron chi connectivity index (χ0n) is 12.1. The highest BCUT2D eigenvalue weighted by Crippen LogP contribution is 2.10. The Morgan fingerprint density at radius 1 is 1.17 bits per heavy atom. The van der Waals surface area contributed by atoms with Crippen molar-refractivity contribution in [2.45, 2.75) is 39.8 Å². The Kier molecular flexibility index (Phi) is 5.88. The third kappa shape index (κ3) is 3.85. The number of aliphatic hydroxyl groups is 1. The fourth-order valence-corrected chi connectivity index (χ4v) is 2.29. The molecule has 106 valence electrons. The molecule has 1 fully saturated rings. The molecule has 0 aromatic heterocycles. The van der Waals surface area contributed by atoms with Crippen molar-refractivity contribution < 1.29 is 9.90 Å². The van der Waals surface area contributed by atoms with Crippen molar-refractivity contribution >= 4 is 6.03 Å². The Morgan fingerprint density at radius 3 is 2.11 bits per heavy atom. The van der Waals surface area contributed by atoms with E-state index in [9.17, 15) is 4.79 Å². The van der Waals surface area contributed by atoms with Crippen molar-refractivity contribution in [2.75, 3.05) is 39.3 Å². The zero-order valence-corrected chi connectivity index (χ0v) is 12.1. The van der Waals surface area contributed by atoms with E-state index in [1.54, 1.807) is 4.90 Å². The van der Waals surface area contributed by atoms with Crippen LogP contribution in [0.5, 0.6) is 0 Å². The maximum Gasteiger partial charge on any atom is 0.320 e. The Balaban J connectivity index is 2.52. The monoisotopic (exact) mass is 257 g/mol. The van der Waals surface area contributed by atoms with Crippen molar-refractivity contribution in [3.63, 3.8) is 0 Å². The molecular weight excluding hydrogens is 230 g/mol. The van der Waals surface area contributed by atoms with Crippen LogP contribution in [0.4, 0.5) is 4.79 Å². The molecule has 1 N–H and O–H groups in total. The van der Waals surface area contributed by atoms with Crippen LogP contribution in [-0.4, -0.2) is 77.3 Å². The molecule has 1 aliphatic rings. The topological polar surface area (TPSA) is 47.0 Å². The van der Waals surface area contributed by atoms with Gasteiger partial charge in [-0.2, -0.15) is 0 Å². The van der Waals surface area contributed by atoms with Gasteiger partial charge in [0.15, 0.2) is 0 Å². The van der Waals surface area contributed by atoms with Gasteiger partial charge in [-0.3, -0.25) is 4.90 Å². The van der Waals surface area contributed by atoms with E-state index >= 15 is 0 Å². The number of rotatable bonds is 4. The second-order valence-corrected chi connectivity index (χ2v) is 5.41. The highest BCUT2D eigenvalue weighted by Gasteiger charge is 2.26. The number of aliphatic hydroxyl groups excluding tert-OH is 1. The average Bonchev–Trinajstić information content (AvgIpc) is 2.35. The fourth-order valence-electron chi connectivity index (χ4n) is 2.29. The Bertz CT molecular complexity index is 261. The van der Waals surface area contributed by atoms with Crippen LogP contribution in [0, 0.1) is 0 Å². The molecule has 0 spiro atoms. The van der Waals surface area contributed by atoms with E-state index in [-0.39, 0.29) is 18.7 Å². The third-order valence-corrected chi connectivity index (χ3v) is 3.53. The van der Waals surface area contributed by atoms with Gasteiger partial charge >= 0.3 is 6.03 Å². The van der Waals surface area contributed by atoms with Crippen LogP contribution in [0.2, 0.25) is 0 Å². The molecule has 0 saturated carbocycles. The summed E-state index contributed by atoms with van der Waals surface area (Å²) >= 11 is 0. The second-order valence-electron chi connectivity index (χ2n) is 5.41. The minimum atomic E-state index is 0.0237. The molecule has 0 aromatic rings. The molecule has 18 heavy (non-hydrogen) atoms. The summed E-state index contributed by atoms with van der Waals surface area (Å²) in [6, 6.07) is 0.733. The van der Waals surface area contributed by atoms with Crippen molar-refractivity contribution in [3.05, 3.63) is 0 Å². The Labute approximate surface area is 110 Å². The van der Waals surface area contributed by atoms with Gasteiger partial charge < -0.3 is 14.9 Å². The maximum absolute atomic E-state index is 12.3. The van der Waals surface area contributed by atoms with Crippen molar-refractivity contribution in [1.82, 2.24) is 14.7 Å². The van der Waals surface area contributed by atoms with Crippen LogP contribution in [-0.2, 0) is 0 Å². The third-order valence-electron chi connectivity index (χ3n) is 3.53. The van der Waals surface area contributed by atoms with E-state index in [0.717, 1.165) is 26.2 Å². The van der Waals surface area contributed by atoms with E-state index in [1.165, 1.54) is 0 Å². The number of carbonyl (C=O) groups excluding carboxylic acids is 1. The largest absolute Gasteiger partial charge is 0.395 e. The van der Waals surface area contributed by atoms with Gasteiger partial charge in [-0.05, 0) is 27.7 Å². The van der Waals surface area contributed by atoms with Crippen molar-refractivity contribution in [2.24, 2.45) is 0 Å². The lowest BCUT2D eigenvalue weighted by atomic mass is 10.2. The first-order valence-electron chi connectivity index (χ1n) is 6.87. The number of amides is 2. The van der Waals surface area contributed by atoms with E-state index in [2.05, 4.69) is 18.7 Å². The molecule has 0 aliphatic carbocycles. The van der Waals surface area contributed by atoms with Gasteiger partial charge in [-0.25, -0.2) is 4.79 Å². The number of urea groups is 1. The van der Waals surface area contributed by atoms with Gasteiger partial charge in [0.25, 0.3) is 0 Å².